The number of halogens is 1. The fraction of sp³-hybridized carbons (Fsp3) is 0.320. The fourth-order valence-corrected chi connectivity index (χ4v) is 4.30. The molecule has 0 radical (unpaired) electrons. The number of aromatic nitrogens is 2. The van der Waals surface area contributed by atoms with Crippen LogP contribution in [0, 0.1) is 5.82 Å². The number of benzene rings is 2. The van der Waals surface area contributed by atoms with Gasteiger partial charge in [-0.05, 0) is 68.5 Å². The smallest absolute Gasteiger partial charge is 0.322 e. The Balaban J connectivity index is 1.72. The average Bonchev–Trinajstić information content (AvgIpc) is 3.33. The van der Waals surface area contributed by atoms with Crippen LogP contribution in [0.4, 0.5) is 9.18 Å². The lowest BCUT2D eigenvalue weighted by Gasteiger charge is -2.35. The number of thioether (sulfide) groups is 1. The molecule has 1 unspecified atom stereocenters. The molecule has 1 N–H and O–H groups in total. The molecule has 178 valence electrons. The maximum atomic E-state index is 13.3. The van der Waals surface area contributed by atoms with Gasteiger partial charge in [0.1, 0.15) is 5.82 Å². The Hall–Kier alpha value is -3.17. The number of urea groups is 1. The summed E-state index contributed by atoms with van der Waals surface area (Å²) in [6.07, 6.45) is 2.71. The molecule has 0 spiro atoms. The van der Waals surface area contributed by atoms with Crippen LogP contribution in [-0.4, -0.2) is 47.1 Å². The number of carbonyl (C=O) groups is 1. The SMILES string of the molecule is CCOCCCN1C(=O)NC(c2ccc(SC)cc2)C(c2nc(-c3ccc(F)cc3)no2)=C1C. The fourth-order valence-electron chi connectivity index (χ4n) is 3.89. The molecule has 0 saturated heterocycles. The van der Waals surface area contributed by atoms with Gasteiger partial charge in [-0.2, -0.15) is 4.98 Å². The molecule has 1 aliphatic heterocycles. The van der Waals surface area contributed by atoms with Gasteiger partial charge >= 0.3 is 6.03 Å². The number of nitrogens with one attached hydrogen (secondary N) is 1. The summed E-state index contributed by atoms with van der Waals surface area (Å²) in [6, 6.07) is 13.3. The zero-order valence-corrected chi connectivity index (χ0v) is 20.2. The molecule has 9 heteroatoms. The summed E-state index contributed by atoms with van der Waals surface area (Å²) >= 11 is 1.65. The van der Waals surface area contributed by atoms with Crippen LogP contribution in [0.5, 0.6) is 0 Å². The number of amides is 2. The van der Waals surface area contributed by atoms with E-state index in [9.17, 15) is 9.18 Å². The van der Waals surface area contributed by atoms with Crippen molar-refractivity contribution in [3.05, 3.63) is 71.5 Å². The van der Waals surface area contributed by atoms with Gasteiger partial charge in [0.25, 0.3) is 5.89 Å². The summed E-state index contributed by atoms with van der Waals surface area (Å²) in [4.78, 5) is 20.5. The van der Waals surface area contributed by atoms with Gasteiger partial charge in [-0.3, -0.25) is 4.90 Å². The summed E-state index contributed by atoms with van der Waals surface area (Å²) in [5.74, 6) is 0.328. The molecule has 1 aliphatic rings. The van der Waals surface area contributed by atoms with Gasteiger partial charge in [0.15, 0.2) is 0 Å². The molecule has 0 bridgehead atoms. The van der Waals surface area contributed by atoms with Crippen LogP contribution >= 0.6 is 11.8 Å². The van der Waals surface area contributed by atoms with Crippen molar-refractivity contribution < 1.29 is 18.4 Å². The third kappa shape index (κ3) is 5.15. The topological polar surface area (TPSA) is 80.5 Å². The van der Waals surface area contributed by atoms with E-state index in [1.165, 1.54) is 12.1 Å². The third-order valence-corrected chi connectivity index (χ3v) is 6.42. The summed E-state index contributed by atoms with van der Waals surface area (Å²) < 4.78 is 24.4. The van der Waals surface area contributed by atoms with E-state index < -0.39 is 6.04 Å². The lowest BCUT2D eigenvalue weighted by molar-refractivity contribution is 0.136. The van der Waals surface area contributed by atoms with Crippen molar-refractivity contribution in [3.63, 3.8) is 0 Å². The number of hydrogen-bond acceptors (Lipinski definition) is 6. The minimum Gasteiger partial charge on any atom is -0.382 e. The van der Waals surface area contributed by atoms with Crippen molar-refractivity contribution >= 4 is 23.4 Å². The first kappa shape index (κ1) is 24.0. The Labute approximate surface area is 202 Å². The van der Waals surface area contributed by atoms with Gasteiger partial charge in [0.05, 0.1) is 11.6 Å². The van der Waals surface area contributed by atoms with Crippen molar-refractivity contribution in [1.29, 1.82) is 0 Å². The Morgan fingerprint density at radius 3 is 2.59 bits per heavy atom. The summed E-state index contributed by atoms with van der Waals surface area (Å²) in [5.41, 5.74) is 3.03. The summed E-state index contributed by atoms with van der Waals surface area (Å²) in [5, 5.41) is 7.22. The molecule has 1 atom stereocenters. The number of ether oxygens (including phenoxy) is 1. The number of nitrogens with zero attached hydrogens (tertiary/aromatic N) is 3. The predicted octanol–water partition coefficient (Wildman–Crippen LogP) is 5.52. The Morgan fingerprint density at radius 1 is 1.18 bits per heavy atom. The molecule has 2 heterocycles. The second kappa shape index (κ2) is 10.8. The highest BCUT2D eigenvalue weighted by Gasteiger charge is 2.35. The second-order valence-electron chi connectivity index (χ2n) is 7.79. The van der Waals surface area contributed by atoms with Gasteiger partial charge in [0.2, 0.25) is 5.82 Å². The van der Waals surface area contributed by atoms with E-state index >= 15 is 0 Å². The van der Waals surface area contributed by atoms with E-state index in [-0.39, 0.29) is 11.8 Å². The quantitative estimate of drug-likeness (QED) is 0.319. The monoisotopic (exact) mass is 482 g/mol. The zero-order valence-electron chi connectivity index (χ0n) is 19.4. The van der Waals surface area contributed by atoms with Crippen molar-refractivity contribution in [2.45, 2.75) is 31.2 Å². The number of allylic oxidation sites excluding steroid dienone is 1. The Kier molecular flexibility index (Phi) is 7.64. The van der Waals surface area contributed by atoms with Crippen LogP contribution in [-0.2, 0) is 4.74 Å². The molecular formula is C25H27FN4O3S. The van der Waals surface area contributed by atoms with Crippen LogP contribution in [0.15, 0.2) is 63.6 Å². The van der Waals surface area contributed by atoms with Gasteiger partial charge in [-0.25, -0.2) is 9.18 Å². The highest BCUT2D eigenvalue weighted by molar-refractivity contribution is 7.98. The van der Waals surface area contributed by atoms with Crippen LogP contribution in [0.2, 0.25) is 0 Å². The van der Waals surface area contributed by atoms with Gasteiger partial charge in [-0.1, -0.05) is 17.3 Å². The molecule has 2 aromatic carbocycles. The van der Waals surface area contributed by atoms with Crippen molar-refractivity contribution in [2.24, 2.45) is 0 Å². The van der Waals surface area contributed by atoms with Crippen LogP contribution in [0.25, 0.3) is 17.0 Å². The average molecular weight is 483 g/mol. The molecule has 3 aromatic rings. The van der Waals surface area contributed by atoms with E-state index in [1.807, 2.05) is 44.4 Å². The Morgan fingerprint density at radius 2 is 1.91 bits per heavy atom. The first-order valence-corrected chi connectivity index (χ1v) is 12.3. The lowest BCUT2D eigenvalue weighted by Crippen LogP contribution is -2.46. The molecule has 0 fully saturated rings. The summed E-state index contributed by atoms with van der Waals surface area (Å²) in [6.45, 7) is 5.53. The van der Waals surface area contributed by atoms with Crippen LogP contribution < -0.4 is 5.32 Å². The highest BCUT2D eigenvalue weighted by atomic mass is 32.2. The minimum atomic E-state index is -0.451. The maximum absolute atomic E-state index is 13.3. The number of hydrogen-bond donors (Lipinski definition) is 1. The van der Waals surface area contributed by atoms with Gasteiger partial charge in [0, 0.05) is 35.9 Å². The van der Waals surface area contributed by atoms with Gasteiger partial charge < -0.3 is 14.6 Å². The molecule has 34 heavy (non-hydrogen) atoms. The lowest BCUT2D eigenvalue weighted by atomic mass is 9.94. The van der Waals surface area contributed by atoms with E-state index in [0.29, 0.717) is 43.5 Å². The number of carbonyl (C=O) groups excluding carboxylic acids is 1. The van der Waals surface area contributed by atoms with Crippen molar-refractivity contribution in [3.8, 4) is 11.4 Å². The van der Waals surface area contributed by atoms with Crippen molar-refractivity contribution in [2.75, 3.05) is 26.0 Å². The highest BCUT2D eigenvalue weighted by Crippen LogP contribution is 2.37. The largest absolute Gasteiger partial charge is 0.382 e. The first-order chi connectivity index (χ1) is 16.5. The van der Waals surface area contributed by atoms with E-state index in [0.717, 1.165) is 21.7 Å². The van der Waals surface area contributed by atoms with Gasteiger partial charge in [-0.15, -0.1) is 11.8 Å². The first-order valence-electron chi connectivity index (χ1n) is 11.1. The minimum absolute atomic E-state index is 0.185. The summed E-state index contributed by atoms with van der Waals surface area (Å²) in [7, 11) is 0. The maximum Gasteiger partial charge on any atom is 0.322 e. The van der Waals surface area contributed by atoms with E-state index in [1.54, 1.807) is 28.8 Å². The third-order valence-electron chi connectivity index (χ3n) is 5.68. The molecular weight excluding hydrogens is 455 g/mol. The van der Waals surface area contributed by atoms with E-state index in [2.05, 4.69) is 15.5 Å². The molecule has 2 amide bonds. The normalized spacial score (nSPS) is 16.2. The molecule has 4 rings (SSSR count). The predicted molar refractivity (Wildman–Crippen MR) is 130 cm³/mol. The molecule has 7 nitrogen and oxygen atoms in total. The van der Waals surface area contributed by atoms with Crippen molar-refractivity contribution in [1.82, 2.24) is 20.4 Å². The standard InChI is InChI=1S/C25H27FN4O3S/c1-4-32-15-5-14-30-16(2)21(22(27-25(30)31)17-8-12-20(34-3)13-9-17)24-28-23(29-33-24)18-6-10-19(26)11-7-18/h6-13,22H,4-5,14-15H2,1-3H3,(H,27,31). The molecule has 0 aliphatic carbocycles. The second-order valence-corrected chi connectivity index (χ2v) is 8.67. The van der Waals surface area contributed by atoms with Crippen LogP contribution in [0.3, 0.4) is 0 Å². The number of rotatable bonds is 9. The Bertz CT molecular complexity index is 1160. The van der Waals surface area contributed by atoms with E-state index in [4.69, 9.17) is 9.26 Å². The molecule has 0 saturated carbocycles. The van der Waals surface area contributed by atoms with Crippen LogP contribution in [0.1, 0.15) is 37.8 Å². The molecule has 1 aromatic heterocycles. The zero-order chi connectivity index (χ0) is 24.1.